The number of benzene rings is 1. The first-order valence-corrected chi connectivity index (χ1v) is 7.47. The Hall–Kier alpha value is -2.45. The number of rotatable bonds is 2. The number of hydrazone groups is 1. The highest BCUT2D eigenvalue weighted by Crippen LogP contribution is 2.40. The quantitative estimate of drug-likeness (QED) is 0.883. The van der Waals surface area contributed by atoms with Crippen molar-refractivity contribution >= 4 is 23.2 Å². The summed E-state index contributed by atoms with van der Waals surface area (Å²) in [4.78, 5) is 16.4. The molecular formula is C16H11ClF3N3O2. The van der Waals surface area contributed by atoms with E-state index in [0.717, 1.165) is 0 Å². The second kappa shape index (κ2) is 6.12. The minimum Gasteiger partial charge on any atom is -0.365 e. The van der Waals surface area contributed by atoms with Crippen molar-refractivity contribution in [2.24, 2.45) is 5.10 Å². The number of carbonyl (C=O) groups excluding carboxylic acids is 1. The lowest BCUT2D eigenvalue weighted by Crippen LogP contribution is -2.43. The molecule has 1 N–H and O–H groups in total. The van der Waals surface area contributed by atoms with Crippen LogP contribution in [0.4, 0.5) is 13.2 Å². The summed E-state index contributed by atoms with van der Waals surface area (Å²) in [6.45, 7) is 0. The smallest absolute Gasteiger partial charge is 0.365 e. The van der Waals surface area contributed by atoms with E-state index in [4.69, 9.17) is 11.6 Å². The van der Waals surface area contributed by atoms with Gasteiger partial charge in [-0.2, -0.15) is 23.3 Å². The van der Waals surface area contributed by atoms with Gasteiger partial charge in [-0.1, -0.05) is 23.7 Å². The van der Waals surface area contributed by atoms with Gasteiger partial charge in [-0.3, -0.25) is 9.78 Å². The maximum absolute atomic E-state index is 13.1. The van der Waals surface area contributed by atoms with E-state index in [0.29, 0.717) is 10.0 Å². The van der Waals surface area contributed by atoms with Gasteiger partial charge >= 0.3 is 6.18 Å². The maximum atomic E-state index is 13.1. The molecule has 0 aliphatic carbocycles. The average molecular weight is 370 g/mol. The van der Waals surface area contributed by atoms with E-state index in [1.807, 2.05) is 0 Å². The number of aliphatic hydroxyl groups is 1. The lowest BCUT2D eigenvalue weighted by Gasteiger charge is -2.31. The molecule has 9 heteroatoms. The van der Waals surface area contributed by atoms with E-state index < -0.39 is 29.9 Å². The van der Waals surface area contributed by atoms with E-state index in [9.17, 15) is 23.1 Å². The molecular weight excluding hydrogens is 359 g/mol. The Labute approximate surface area is 145 Å². The van der Waals surface area contributed by atoms with Gasteiger partial charge in [0.25, 0.3) is 5.91 Å². The molecule has 0 radical (unpaired) electrons. The third kappa shape index (κ3) is 3.22. The van der Waals surface area contributed by atoms with Crippen LogP contribution in [-0.2, 0) is 5.72 Å². The Balaban J connectivity index is 2.07. The molecule has 0 unspecified atom stereocenters. The number of halogens is 4. The zero-order valence-corrected chi connectivity index (χ0v) is 13.3. The largest absolute Gasteiger partial charge is 0.431 e. The fourth-order valence-electron chi connectivity index (χ4n) is 2.48. The Morgan fingerprint density at radius 1 is 1.16 bits per heavy atom. The van der Waals surface area contributed by atoms with Crippen molar-refractivity contribution in [3.8, 4) is 0 Å². The highest BCUT2D eigenvalue weighted by molar-refractivity contribution is 6.30. The number of nitrogens with zero attached hydrogens (tertiary/aromatic N) is 3. The molecule has 5 nitrogen and oxygen atoms in total. The van der Waals surface area contributed by atoms with Crippen LogP contribution < -0.4 is 0 Å². The molecule has 3 rings (SSSR count). The summed E-state index contributed by atoms with van der Waals surface area (Å²) in [7, 11) is 0. The Bertz CT molecular complexity index is 825. The second-order valence-electron chi connectivity index (χ2n) is 5.40. The van der Waals surface area contributed by atoms with Crippen LogP contribution in [0.15, 0.2) is 53.9 Å². The van der Waals surface area contributed by atoms with Gasteiger partial charge in [-0.05, 0) is 24.3 Å². The van der Waals surface area contributed by atoms with Gasteiger partial charge in [0.05, 0.1) is 6.42 Å². The molecule has 1 amide bonds. The van der Waals surface area contributed by atoms with Crippen LogP contribution in [0.25, 0.3) is 0 Å². The first kappa shape index (κ1) is 17.4. The van der Waals surface area contributed by atoms with Gasteiger partial charge in [0.2, 0.25) is 0 Å². The monoisotopic (exact) mass is 369 g/mol. The fourth-order valence-corrected chi connectivity index (χ4v) is 2.60. The number of carbonyl (C=O) groups is 1. The Morgan fingerprint density at radius 2 is 1.76 bits per heavy atom. The zero-order valence-electron chi connectivity index (χ0n) is 12.5. The van der Waals surface area contributed by atoms with Gasteiger partial charge in [0.1, 0.15) is 5.71 Å². The summed E-state index contributed by atoms with van der Waals surface area (Å²) >= 11 is 5.78. The summed E-state index contributed by atoms with van der Waals surface area (Å²) in [5.41, 5.74) is -3.39. The molecule has 0 spiro atoms. The van der Waals surface area contributed by atoms with Crippen LogP contribution in [0, 0.1) is 0 Å². The van der Waals surface area contributed by atoms with Crippen LogP contribution in [0.1, 0.15) is 22.3 Å². The molecule has 0 bridgehead atoms. The third-order valence-electron chi connectivity index (χ3n) is 3.74. The van der Waals surface area contributed by atoms with Crippen molar-refractivity contribution < 1.29 is 23.1 Å². The van der Waals surface area contributed by atoms with E-state index in [1.54, 1.807) is 0 Å². The topological polar surface area (TPSA) is 65.8 Å². The molecule has 1 aliphatic heterocycles. The van der Waals surface area contributed by atoms with Crippen molar-refractivity contribution in [3.05, 3.63) is 64.9 Å². The number of alkyl halides is 3. The average Bonchev–Trinajstić information content (AvgIpc) is 2.94. The van der Waals surface area contributed by atoms with E-state index in [1.165, 1.54) is 48.8 Å². The number of aromatic nitrogens is 1. The fraction of sp³-hybridized carbons (Fsp3) is 0.188. The minimum atomic E-state index is -4.77. The van der Waals surface area contributed by atoms with Crippen LogP contribution in [0.5, 0.6) is 0 Å². The molecule has 130 valence electrons. The maximum Gasteiger partial charge on any atom is 0.431 e. The van der Waals surface area contributed by atoms with Gasteiger partial charge < -0.3 is 5.11 Å². The lowest BCUT2D eigenvalue weighted by molar-refractivity contribution is -0.0816. The van der Waals surface area contributed by atoms with Crippen LogP contribution in [-0.4, -0.2) is 32.9 Å². The molecule has 1 aliphatic rings. The van der Waals surface area contributed by atoms with Crippen molar-refractivity contribution in [1.82, 2.24) is 9.99 Å². The number of amides is 1. The highest BCUT2D eigenvalue weighted by atomic mass is 35.5. The molecule has 2 heterocycles. The van der Waals surface area contributed by atoms with Crippen molar-refractivity contribution in [1.29, 1.82) is 0 Å². The van der Waals surface area contributed by atoms with Crippen molar-refractivity contribution in [2.75, 3.05) is 0 Å². The van der Waals surface area contributed by atoms with Gasteiger partial charge in [0, 0.05) is 28.5 Å². The predicted molar refractivity (Wildman–Crippen MR) is 83.9 cm³/mol. The molecule has 1 atom stereocenters. The zero-order chi connectivity index (χ0) is 18.2. The molecule has 2 aromatic rings. The molecule has 1 aromatic carbocycles. The van der Waals surface area contributed by atoms with E-state index in [2.05, 4.69) is 10.1 Å². The predicted octanol–water partition coefficient (Wildman–Crippen LogP) is 3.34. The first-order valence-electron chi connectivity index (χ1n) is 7.09. The van der Waals surface area contributed by atoms with E-state index >= 15 is 0 Å². The van der Waals surface area contributed by atoms with Crippen LogP contribution >= 0.6 is 11.6 Å². The normalized spacial score (nSPS) is 20.5. The van der Waals surface area contributed by atoms with Crippen molar-refractivity contribution in [2.45, 2.75) is 18.3 Å². The molecule has 25 heavy (non-hydrogen) atoms. The summed E-state index contributed by atoms with van der Waals surface area (Å²) in [6, 6.07) is 8.18. The summed E-state index contributed by atoms with van der Waals surface area (Å²) < 4.78 is 39.3. The van der Waals surface area contributed by atoms with Crippen LogP contribution in [0.3, 0.4) is 0 Å². The first-order chi connectivity index (χ1) is 11.7. The molecule has 0 saturated carbocycles. The SMILES string of the molecule is O=C(c1ccncc1)N1N=C(C(F)(F)F)C[C@]1(O)c1ccc(Cl)cc1. The summed E-state index contributed by atoms with van der Waals surface area (Å²) in [6.07, 6.45) is -3.01. The van der Waals surface area contributed by atoms with Gasteiger partial charge in [0.15, 0.2) is 5.72 Å². The minimum absolute atomic E-state index is 0.0505. The van der Waals surface area contributed by atoms with Crippen molar-refractivity contribution in [3.63, 3.8) is 0 Å². The van der Waals surface area contributed by atoms with Gasteiger partial charge in [-0.25, -0.2) is 0 Å². The standard InChI is InChI=1S/C16H11ClF3N3O2/c17-12-3-1-11(2-4-12)15(25)9-13(16(18,19)20)22-23(15)14(24)10-5-7-21-8-6-10/h1-8,25H,9H2/t15-/m0/s1. The molecule has 0 fully saturated rings. The highest BCUT2D eigenvalue weighted by Gasteiger charge is 2.53. The number of pyridine rings is 1. The van der Waals surface area contributed by atoms with Crippen LogP contribution in [0.2, 0.25) is 5.02 Å². The summed E-state index contributed by atoms with van der Waals surface area (Å²) in [5.74, 6) is -0.876. The lowest BCUT2D eigenvalue weighted by atomic mass is 9.96. The summed E-state index contributed by atoms with van der Waals surface area (Å²) in [5, 5.41) is 15.1. The number of hydrogen-bond donors (Lipinski definition) is 1. The molecule has 1 aromatic heterocycles. The third-order valence-corrected chi connectivity index (χ3v) is 3.99. The Kier molecular flexibility index (Phi) is 4.26. The van der Waals surface area contributed by atoms with Gasteiger partial charge in [-0.15, -0.1) is 0 Å². The second-order valence-corrected chi connectivity index (χ2v) is 5.83. The van der Waals surface area contributed by atoms with E-state index in [-0.39, 0.29) is 11.1 Å². The molecule has 0 saturated heterocycles. The Morgan fingerprint density at radius 3 is 2.32 bits per heavy atom. The number of hydrogen-bond acceptors (Lipinski definition) is 4.